The minimum absolute atomic E-state index is 0.183. The summed E-state index contributed by atoms with van der Waals surface area (Å²) >= 11 is 0. The van der Waals surface area contributed by atoms with Gasteiger partial charge in [-0.3, -0.25) is 0 Å². The van der Waals surface area contributed by atoms with Crippen LogP contribution in [-0.2, 0) is 9.53 Å². The Balaban J connectivity index is 2.44. The third-order valence-electron chi connectivity index (χ3n) is 2.00. The average Bonchev–Trinajstić information content (AvgIpc) is 2.62. The molecule has 0 saturated carbocycles. The molecule has 1 heterocycles. The monoisotopic (exact) mass is 193 g/mol. The smallest absolute Gasteiger partial charge is 0.335 e. The van der Waals surface area contributed by atoms with E-state index in [1.165, 1.54) is 13.2 Å². The van der Waals surface area contributed by atoms with Gasteiger partial charge in [0.25, 0.3) is 0 Å². The Kier molecular flexibility index (Phi) is 1.88. The SMILES string of the molecule is COC1=C(C(=O)O)CC2=NN=NC2=C1. The summed E-state index contributed by atoms with van der Waals surface area (Å²) in [6.07, 6.45) is 1.74. The lowest BCUT2D eigenvalue weighted by Crippen LogP contribution is -2.15. The first-order valence-electron chi connectivity index (χ1n) is 3.92. The van der Waals surface area contributed by atoms with Crippen LogP contribution < -0.4 is 0 Å². The van der Waals surface area contributed by atoms with Crippen molar-refractivity contribution in [1.29, 1.82) is 0 Å². The molecule has 0 spiro atoms. The van der Waals surface area contributed by atoms with Crippen molar-refractivity contribution in [2.24, 2.45) is 15.4 Å². The third kappa shape index (κ3) is 1.20. The van der Waals surface area contributed by atoms with Gasteiger partial charge in [-0.15, -0.1) is 10.2 Å². The third-order valence-corrected chi connectivity index (χ3v) is 2.00. The van der Waals surface area contributed by atoms with E-state index >= 15 is 0 Å². The number of ether oxygens (including phenoxy) is 1. The fraction of sp³-hybridized carbons (Fsp3) is 0.250. The number of carboxylic acid groups (broad SMARTS) is 1. The number of aliphatic carboxylic acids is 1. The van der Waals surface area contributed by atoms with Gasteiger partial charge >= 0.3 is 5.97 Å². The summed E-state index contributed by atoms with van der Waals surface area (Å²) in [7, 11) is 1.42. The molecule has 14 heavy (non-hydrogen) atoms. The van der Waals surface area contributed by atoms with E-state index in [0.717, 1.165) is 0 Å². The number of nitrogens with zero attached hydrogens (tertiary/aromatic N) is 3. The topological polar surface area (TPSA) is 83.6 Å². The van der Waals surface area contributed by atoms with Crippen LogP contribution in [0.4, 0.5) is 0 Å². The number of carboxylic acids is 1. The molecule has 1 N–H and O–H groups in total. The lowest BCUT2D eigenvalue weighted by molar-refractivity contribution is -0.132. The Morgan fingerprint density at radius 3 is 3.07 bits per heavy atom. The van der Waals surface area contributed by atoms with Crippen molar-refractivity contribution in [2.45, 2.75) is 6.42 Å². The Hall–Kier alpha value is -1.98. The number of rotatable bonds is 2. The Labute approximate surface area is 79.3 Å². The number of hydrogen-bond acceptors (Lipinski definition) is 5. The summed E-state index contributed by atoms with van der Waals surface area (Å²) in [5.74, 6) is -0.695. The lowest BCUT2D eigenvalue weighted by Gasteiger charge is -2.12. The minimum atomic E-state index is -1.01. The van der Waals surface area contributed by atoms with Crippen molar-refractivity contribution >= 4 is 11.7 Å². The molecule has 6 nitrogen and oxygen atoms in total. The lowest BCUT2D eigenvalue weighted by atomic mass is 9.99. The quantitative estimate of drug-likeness (QED) is 0.712. The van der Waals surface area contributed by atoms with Crippen LogP contribution in [0.3, 0.4) is 0 Å². The van der Waals surface area contributed by atoms with Gasteiger partial charge in [0.1, 0.15) is 11.5 Å². The molecule has 0 fully saturated rings. The van der Waals surface area contributed by atoms with Crippen LogP contribution in [0, 0.1) is 0 Å². The maximum Gasteiger partial charge on any atom is 0.335 e. The summed E-state index contributed by atoms with van der Waals surface area (Å²) < 4.78 is 4.94. The van der Waals surface area contributed by atoms with Gasteiger partial charge in [-0.25, -0.2) is 4.79 Å². The molecular weight excluding hydrogens is 186 g/mol. The Morgan fingerprint density at radius 1 is 1.64 bits per heavy atom. The molecule has 0 saturated heterocycles. The van der Waals surface area contributed by atoms with E-state index in [1.54, 1.807) is 0 Å². The molecule has 2 aliphatic rings. The van der Waals surface area contributed by atoms with Gasteiger partial charge in [0, 0.05) is 12.5 Å². The molecule has 0 aromatic rings. The maximum absolute atomic E-state index is 10.8. The number of methoxy groups -OCH3 is 1. The number of allylic oxidation sites excluding steroid dienone is 2. The van der Waals surface area contributed by atoms with Crippen molar-refractivity contribution in [3.63, 3.8) is 0 Å². The summed E-state index contributed by atoms with van der Waals surface area (Å²) in [6.45, 7) is 0. The molecule has 0 atom stereocenters. The van der Waals surface area contributed by atoms with Crippen molar-refractivity contribution < 1.29 is 14.6 Å². The highest BCUT2D eigenvalue weighted by Crippen LogP contribution is 2.26. The standard InChI is InChI=1S/C8H7N3O3/c1-14-7-3-6-5(9-11-10-6)2-4(7)8(12)13/h3H,2H2,1H3,(H,12,13). The maximum atomic E-state index is 10.8. The molecule has 0 radical (unpaired) electrons. The molecule has 0 aromatic heterocycles. The fourth-order valence-corrected chi connectivity index (χ4v) is 1.30. The van der Waals surface area contributed by atoms with E-state index < -0.39 is 5.97 Å². The van der Waals surface area contributed by atoms with Crippen LogP contribution in [0.1, 0.15) is 6.42 Å². The molecule has 0 aromatic carbocycles. The highest BCUT2D eigenvalue weighted by Gasteiger charge is 2.26. The van der Waals surface area contributed by atoms with Crippen molar-refractivity contribution in [2.75, 3.05) is 7.11 Å². The Bertz CT molecular complexity index is 418. The van der Waals surface area contributed by atoms with Gasteiger partial charge in [-0.1, -0.05) is 0 Å². The van der Waals surface area contributed by atoms with Gasteiger partial charge < -0.3 is 9.84 Å². The first kappa shape index (κ1) is 8.61. The van der Waals surface area contributed by atoms with Crippen LogP contribution >= 0.6 is 0 Å². The van der Waals surface area contributed by atoms with E-state index in [2.05, 4.69) is 15.4 Å². The zero-order chi connectivity index (χ0) is 10.1. The van der Waals surface area contributed by atoms with E-state index in [-0.39, 0.29) is 12.0 Å². The van der Waals surface area contributed by atoms with Gasteiger partial charge in [0.05, 0.1) is 18.4 Å². The van der Waals surface area contributed by atoms with E-state index in [4.69, 9.17) is 9.84 Å². The summed E-state index contributed by atoms with van der Waals surface area (Å²) in [6, 6.07) is 0. The molecule has 1 aliphatic carbocycles. The molecule has 6 heteroatoms. The van der Waals surface area contributed by atoms with E-state index in [9.17, 15) is 4.79 Å². The van der Waals surface area contributed by atoms with E-state index in [1.807, 2.05) is 0 Å². The second-order valence-electron chi connectivity index (χ2n) is 2.79. The predicted molar refractivity (Wildman–Crippen MR) is 46.7 cm³/mol. The molecule has 0 unspecified atom stereocenters. The van der Waals surface area contributed by atoms with Crippen LogP contribution in [0.15, 0.2) is 38.5 Å². The number of carbonyl (C=O) groups is 1. The number of fused-ring (bicyclic) bond motifs is 1. The zero-order valence-corrected chi connectivity index (χ0v) is 7.39. The minimum Gasteiger partial charge on any atom is -0.496 e. The highest BCUT2D eigenvalue weighted by atomic mass is 16.5. The van der Waals surface area contributed by atoms with Gasteiger partial charge in [0.2, 0.25) is 0 Å². The van der Waals surface area contributed by atoms with Gasteiger partial charge in [0.15, 0.2) is 0 Å². The average molecular weight is 193 g/mol. The summed E-state index contributed by atoms with van der Waals surface area (Å²) in [4.78, 5) is 10.8. The predicted octanol–water partition coefficient (Wildman–Crippen LogP) is 1.08. The van der Waals surface area contributed by atoms with Crippen molar-refractivity contribution in [3.8, 4) is 0 Å². The molecule has 0 bridgehead atoms. The highest BCUT2D eigenvalue weighted by molar-refractivity contribution is 6.08. The Morgan fingerprint density at radius 2 is 2.43 bits per heavy atom. The molecule has 72 valence electrons. The van der Waals surface area contributed by atoms with Gasteiger partial charge in [-0.05, 0) is 5.22 Å². The van der Waals surface area contributed by atoms with E-state index in [0.29, 0.717) is 17.2 Å². The van der Waals surface area contributed by atoms with Crippen LogP contribution in [0.2, 0.25) is 0 Å². The number of hydrogen-bond donors (Lipinski definition) is 1. The van der Waals surface area contributed by atoms with Gasteiger partial charge in [-0.2, -0.15) is 0 Å². The zero-order valence-electron chi connectivity index (χ0n) is 7.39. The summed E-state index contributed by atoms with van der Waals surface area (Å²) in [5.41, 5.74) is 1.33. The molecule has 1 aliphatic heterocycles. The van der Waals surface area contributed by atoms with Crippen LogP contribution in [0.25, 0.3) is 0 Å². The fourth-order valence-electron chi connectivity index (χ4n) is 1.30. The second kappa shape index (κ2) is 3.06. The normalized spacial score (nSPS) is 18.9. The first-order valence-corrected chi connectivity index (χ1v) is 3.92. The molecule has 0 amide bonds. The first-order chi connectivity index (χ1) is 6.72. The second-order valence-corrected chi connectivity index (χ2v) is 2.79. The van der Waals surface area contributed by atoms with Crippen LogP contribution in [-0.4, -0.2) is 23.9 Å². The summed E-state index contributed by atoms with van der Waals surface area (Å²) in [5, 5.41) is 19.8. The largest absolute Gasteiger partial charge is 0.496 e. The molecule has 2 rings (SSSR count). The molecular formula is C8H7N3O3. The van der Waals surface area contributed by atoms with Crippen molar-refractivity contribution in [3.05, 3.63) is 23.1 Å². The van der Waals surface area contributed by atoms with Crippen LogP contribution in [0.5, 0.6) is 0 Å². The van der Waals surface area contributed by atoms with Crippen molar-refractivity contribution in [1.82, 2.24) is 0 Å².